The van der Waals surface area contributed by atoms with E-state index in [0.717, 1.165) is 50.6 Å². The molecule has 0 unspecified atom stereocenters. The van der Waals surface area contributed by atoms with Crippen molar-refractivity contribution in [2.75, 3.05) is 13.1 Å². The molecule has 194 valence electrons. The molecule has 2 aromatic heterocycles. The van der Waals surface area contributed by atoms with Crippen LogP contribution in [0.3, 0.4) is 0 Å². The summed E-state index contributed by atoms with van der Waals surface area (Å²) in [5.74, 6) is -0.102. The summed E-state index contributed by atoms with van der Waals surface area (Å²) in [6.45, 7) is 3.86. The molecule has 4 rings (SSSR count). The Balaban J connectivity index is 1.60. The summed E-state index contributed by atoms with van der Waals surface area (Å²) in [4.78, 5) is 46.6. The number of rotatable bonds is 10. The number of carbonyl (C=O) groups is 2. The van der Waals surface area contributed by atoms with Gasteiger partial charge in [-0.1, -0.05) is 45.1 Å². The number of aryl methyl sites for hydroxylation is 2. The van der Waals surface area contributed by atoms with Gasteiger partial charge in [0.05, 0.1) is 0 Å². The first-order valence-corrected chi connectivity index (χ1v) is 13.8. The first-order chi connectivity index (χ1) is 17.5. The number of amides is 2. The van der Waals surface area contributed by atoms with Crippen molar-refractivity contribution >= 4 is 11.8 Å². The van der Waals surface area contributed by atoms with Crippen LogP contribution >= 0.6 is 0 Å². The summed E-state index contributed by atoms with van der Waals surface area (Å²) < 4.78 is 1.82. The third kappa shape index (κ3) is 7.28. The Morgan fingerprint density at radius 1 is 1.03 bits per heavy atom. The van der Waals surface area contributed by atoms with Gasteiger partial charge < -0.3 is 14.8 Å². The van der Waals surface area contributed by atoms with Crippen LogP contribution in [0.25, 0.3) is 0 Å². The first-order valence-electron chi connectivity index (χ1n) is 13.8. The summed E-state index contributed by atoms with van der Waals surface area (Å²) in [7, 11) is 0. The average molecular weight is 493 g/mol. The zero-order chi connectivity index (χ0) is 25.3. The van der Waals surface area contributed by atoms with Crippen LogP contribution in [0.5, 0.6) is 0 Å². The van der Waals surface area contributed by atoms with Gasteiger partial charge in [0.2, 0.25) is 5.43 Å². The summed E-state index contributed by atoms with van der Waals surface area (Å²) >= 11 is 0. The van der Waals surface area contributed by atoms with E-state index in [1.165, 1.54) is 19.3 Å². The minimum atomic E-state index is -0.464. The molecule has 2 saturated carbocycles. The Morgan fingerprint density at radius 3 is 2.42 bits per heavy atom. The fraction of sp³-hybridized carbons (Fsp3) is 0.586. The van der Waals surface area contributed by atoms with Crippen LogP contribution in [0.1, 0.15) is 97.5 Å². The van der Waals surface area contributed by atoms with Gasteiger partial charge in [0.1, 0.15) is 11.1 Å². The van der Waals surface area contributed by atoms with Crippen molar-refractivity contribution in [1.29, 1.82) is 0 Å². The second kappa shape index (κ2) is 12.8. The Hall–Kier alpha value is -2.96. The van der Waals surface area contributed by atoms with Crippen LogP contribution in [0.15, 0.2) is 41.6 Å². The quantitative estimate of drug-likeness (QED) is 0.526. The molecule has 2 heterocycles. The third-order valence-corrected chi connectivity index (χ3v) is 7.30. The largest absolute Gasteiger partial charge is 0.352 e. The smallest absolute Gasteiger partial charge is 0.259 e. The lowest BCUT2D eigenvalue weighted by Crippen LogP contribution is -2.41. The maximum Gasteiger partial charge on any atom is 0.259 e. The Bertz CT molecular complexity index is 1070. The lowest BCUT2D eigenvalue weighted by atomic mass is 9.96. The second-order valence-electron chi connectivity index (χ2n) is 10.4. The molecule has 2 aliphatic carbocycles. The van der Waals surface area contributed by atoms with Crippen molar-refractivity contribution in [3.63, 3.8) is 0 Å². The Morgan fingerprint density at radius 2 is 1.75 bits per heavy atom. The summed E-state index contributed by atoms with van der Waals surface area (Å²) in [5, 5.41) is 3.12. The molecule has 1 N–H and O–H groups in total. The zero-order valence-corrected chi connectivity index (χ0v) is 21.6. The van der Waals surface area contributed by atoms with Gasteiger partial charge in [0, 0.05) is 56.4 Å². The van der Waals surface area contributed by atoms with E-state index in [1.807, 2.05) is 29.7 Å². The van der Waals surface area contributed by atoms with E-state index in [4.69, 9.17) is 0 Å². The molecule has 7 nitrogen and oxygen atoms in total. The zero-order valence-electron chi connectivity index (χ0n) is 21.6. The van der Waals surface area contributed by atoms with Crippen molar-refractivity contribution in [3.8, 4) is 0 Å². The summed E-state index contributed by atoms with van der Waals surface area (Å²) in [6, 6.07) is 5.84. The molecule has 7 heteroatoms. The monoisotopic (exact) mass is 492 g/mol. The van der Waals surface area contributed by atoms with Gasteiger partial charge in [-0.3, -0.25) is 19.4 Å². The summed E-state index contributed by atoms with van der Waals surface area (Å²) in [6.07, 6.45) is 16.4. The molecule has 2 amide bonds. The normalized spacial score (nSPS) is 16.7. The predicted molar refractivity (Wildman–Crippen MR) is 141 cm³/mol. The van der Waals surface area contributed by atoms with Gasteiger partial charge in [0.25, 0.3) is 11.8 Å². The van der Waals surface area contributed by atoms with Gasteiger partial charge in [0.15, 0.2) is 0 Å². The molecule has 36 heavy (non-hydrogen) atoms. The van der Waals surface area contributed by atoms with E-state index in [1.54, 1.807) is 23.5 Å². The van der Waals surface area contributed by atoms with Crippen LogP contribution in [0, 0.1) is 5.92 Å². The maximum atomic E-state index is 13.6. The molecule has 0 bridgehead atoms. The number of pyridine rings is 2. The van der Waals surface area contributed by atoms with E-state index >= 15 is 0 Å². The number of nitrogens with zero attached hydrogens (tertiary/aromatic N) is 3. The minimum Gasteiger partial charge on any atom is -0.352 e. The summed E-state index contributed by atoms with van der Waals surface area (Å²) in [5.41, 5.74) is 0.613. The van der Waals surface area contributed by atoms with Gasteiger partial charge in [-0.2, -0.15) is 0 Å². The fourth-order valence-corrected chi connectivity index (χ4v) is 5.06. The number of hydrogen-bond acceptors (Lipinski definition) is 4. The lowest BCUT2D eigenvalue weighted by molar-refractivity contribution is 0.0745. The molecule has 0 saturated heterocycles. The highest BCUT2D eigenvalue weighted by Gasteiger charge is 2.29. The number of aromatic nitrogens is 2. The van der Waals surface area contributed by atoms with E-state index < -0.39 is 5.43 Å². The third-order valence-electron chi connectivity index (χ3n) is 7.30. The lowest BCUT2D eigenvalue weighted by Gasteiger charge is -2.23. The van der Waals surface area contributed by atoms with Crippen molar-refractivity contribution in [2.45, 2.75) is 90.1 Å². The van der Waals surface area contributed by atoms with E-state index in [9.17, 15) is 14.4 Å². The standard InChI is InChI=1S/C29H40N4O3/c1-2-17-33(19-22-13-14-22)29(36)26-21-32(18-15-23-10-8-9-16-30-23)20-25(27(26)34)28(35)31-24-11-6-4-3-5-7-12-24/h8-10,16,20-22,24H,2-7,11-15,17-19H2,1H3,(H,31,35). The maximum absolute atomic E-state index is 13.6. The topological polar surface area (TPSA) is 84.3 Å². The molecule has 0 spiro atoms. The molecular weight excluding hydrogens is 452 g/mol. The van der Waals surface area contributed by atoms with Crippen molar-refractivity contribution in [3.05, 3.63) is 63.8 Å². The molecule has 0 atom stereocenters. The molecule has 0 radical (unpaired) electrons. The Labute approximate surface area is 214 Å². The van der Waals surface area contributed by atoms with Crippen molar-refractivity contribution in [2.24, 2.45) is 5.92 Å². The molecule has 0 aromatic carbocycles. The average Bonchev–Trinajstić information content (AvgIpc) is 3.69. The number of hydrogen-bond donors (Lipinski definition) is 1. The van der Waals surface area contributed by atoms with Crippen molar-refractivity contribution < 1.29 is 9.59 Å². The van der Waals surface area contributed by atoms with Gasteiger partial charge in [-0.25, -0.2) is 0 Å². The Kier molecular flexibility index (Phi) is 9.31. The molecule has 2 fully saturated rings. The van der Waals surface area contributed by atoms with Crippen molar-refractivity contribution in [1.82, 2.24) is 19.8 Å². The molecule has 2 aliphatic rings. The predicted octanol–water partition coefficient (Wildman–Crippen LogP) is 4.59. The van der Waals surface area contributed by atoms with Gasteiger partial charge >= 0.3 is 0 Å². The van der Waals surface area contributed by atoms with Crippen LogP contribution < -0.4 is 10.7 Å². The number of nitrogens with one attached hydrogen (secondary N) is 1. The van der Waals surface area contributed by atoms with E-state index in [2.05, 4.69) is 10.3 Å². The van der Waals surface area contributed by atoms with E-state index in [-0.39, 0.29) is 29.0 Å². The molecule has 0 aliphatic heterocycles. The van der Waals surface area contributed by atoms with Gasteiger partial charge in [-0.15, -0.1) is 0 Å². The highest BCUT2D eigenvalue weighted by molar-refractivity contribution is 5.99. The molecular formula is C29H40N4O3. The van der Waals surface area contributed by atoms with Crippen LogP contribution in [0.2, 0.25) is 0 Å². The second-order valence-corrected chi connectivity index (χ2v) is 10.4. The highest BCUT2D eigenvalue weighted by atomic mass is 16.2. The van der Waals surface area contributed by atoms with Crippen LogP contribution in [-0.4, -0.2) is 45.4 Å². The van der Waals surface area contributed by atoms with Crippen LogP contribution in [-0.2, 0) is 13.0 Å². The molecule has 2 aromatic rings. The SMILES string of the molecule is CCCN(CC1CC1)C(=O)c1cn(CCc2ccccn2)cc(C(=O)NC2CCCCCCC2)c1=O. The van der Waals surface area contributed by atoms with E-state index in [0.29, 0.717) is 32.0 Å². The van der Waals surface area contributed by atoms with Crippen LogP contribution in [0.4, 0.5) is 0 Å². The first kappa shape index (κ1) is 26.1. The van der Waals surface area contributed by atoms with Gasteiger partial charge in [-0.05, 0) is 50.2 Å². The fourth-order valence-electron chi connectivity index (χ4n) is 5.06. The minimum absolute atomic E-state index is 0.0619. The highest BCUT2D eigenvalue weighted by Crippen LogP contribution is 2.30. The number of carbonyl (C=O) groups excluding carboxylic acids is 2.